The lowest BCUT2D eigenvalue weighted by Gasteiger charge is -2.16. The lowest BCUT2D eigenvalue weighted by molar-refractivity contribution is 0.304. The van der Waals surface area contributed by atoms with E-state index in [9.17, 15) is 0 Å². The molecule has 0 aliphatic carbocycles. The quantitative estimate of drug-likeness (QED) is 0.928. The van der Waals surface area contributed by atoms with Crippen molar-refractivity contribution in [2.45, 2.75) is 39.4 Å². The molecule has 4 heteroatoms. The Morgan fingerprint density at radius 2 is 2.20 bits per heavy atom. The molecule has 108 valence electrons. The van der Waals surface area contributed by atoms with E-state index in [1.807, 2.05) is 0 Å². The highest BCUT2D eigenvalue weighted by Gasteiger charge is 2.26. The van der Waals surface area contributed by atoms with Crippen LogP contribution in [0.4, 0.5) is 0 Å². The number of nitrogens with two attached hydrogens (primary N) is 1. The molecule has 20 heavy (non-hydrogen) atoms. The molecule has 0 amide bonds. The minimum absolute atomic E-state index is 0.296. The summed E-state index contributed by atoms with van der Waals surface area (Å²) < 4.78 is 2.10. The van der Waals surface area contributed by atoms with E-state index in [1.54, 1.807) is 0 Å². The summed E-state index contributed by atoms with van der Waals surface area (Å²) in [7, 11) is 0. The summed E-state index contributed by atoms with van der Waals surface area (Å²) in [6, 6.07) is 8.82. The predicted molar refractivity (Wildman–Crippen MR) is 82.4 cm³/mol. The van der Waals surface area contributed by atoms with Gasteiger partial charge in [-0.1, -0.05) is 18.2 Å². The second kappa shape index (κ2) is 5.54. The van der Waals surface area contributed by atoms with E-state index in [0.717, 1.165) is 26.2 Å². The molecule has 2 N–H and O–H groups in total. The van der Waals surface area contributed by atoms with Gasteiger partial charge in [0.2, 0.25) is 0 Å². The first-order chi connectivity index (χ1) is 9.69. The number of para-hydroxylation sites is 1. The molecule has 1 fully saturated rings. The van der Waals surface area contributed by atoms with Crippen LogP contribution in [-0.2, 0) is 13.1 Å². The topological polar surface area (TPSA) is 47.1 Å². The number of likely N-dealkylation sites (tertiary alicyclic amines) is 1. The number of nitrogens with zero attached hydrogens (tertiary/aromatic N) is 3. The summed E-state index contributed by atoms with van der Waals surface area (Å²) >= 11 is 0. The standard InChI is InChI=1S/C16H24N4/c1-3-20-16-7-5-4-6-14(16)15(18-20)11-19-9-8-13(10-19)12(2)17/h4-7,12-13H,3,8-11,17H2,1-2H3. The van der Waals surface area contributed by atoms with Gasteiger partial charge in [0.1, 0.15) is 0 Å². The van der Waals surface area contributed by atoms with Gasteiger partial charge in [-0.25, -0.2) is 0 Å². The third-order valence-electron chi connectivity index (χ3n) is 4.46. The summed E-state index contributed by atoms with van der Waals surface area (Å²) in [5.74, 6) is 0.634. The zero-order valence-corrected chi connectivity index (χ0v) is 12.4. The molecular formula is C16H24N4. The summed E-state index contributed by atoms with van der Waals surface area (Å²) in [4.78, 5) is 2.49. The third-order valence-corrected chi connectivity index (χ3v) is 4.46. The summed E-state index contributed by atoms with van der Waals surface area (Å²) in [6.45, 7) is 8.37. The lowest BCUT2D eigenvalue weighted by Crippen LogP contribution is -2.29. The van der Waals surface area contributed by atoms with Crippen LogP contribution in [0.15, 0.2) is 24.3 Å². The van der Waals surface area contributed by atoms with E-state index in [0.29, 0.717) is 12.0 Å². The maximum Gasteiger partial charge on any atom is 0.0843 e. The molecule has 1 aromatic heterocycles. The van der Waals surface area contributed by atoms with E-state index in [-0.39, 0.29) is 0 Å². The molecule has 3 rings (SSSR count). The van der Waals surface area contributed by atoms with Crippen molar-refractivity contribution in [2.75, 3.05) is 13.1 Å². The van der Waals surface area contributed by atoms with Crippen LogP contribution in [0.3, 0.4) is 0 Å². The van der Waals surface area contributed by atoms with Crippen LogP contribution in [0.5, 0.6) is 0 Å². The van der Waals surface area contributed by atoms with Crippen molar-refractivity contribution in [2.24, 2.45) is 11.7 Å². The van der Waals surface area contributed by atoms with Crippen molar-refractivity contribution in [1.29, 1.82) is 0 Å². The van der Waals surface area contributed by atoms with Crippen LogP contribution in [0.2, 0.25) is 0 Å². The fraction of sp³-hybridized carbons (Fsp3) is 0.562. The van der Waals surface area contributed by atoms with E-state index in [1.165, 1.54) is 23.0 Å². The molecule has 4 nitrogen and oxygen atoms in total. The van der Waals surface area contributed by atoms with E-state index in [2.05, 4.69) is 47.7 Å². The van der Waals surface area contributed by atoms with Crippen molar-refractivity contribution in [3.8, 4) is 0 Å². The Morgan fingerprint density at radius 1 is 1.40 bits per heavy atom. The van der Waals surface area contributed by atoms with E-state index in [4.69, 9.17) is 10.8 Å². The Kier molecular flexibility index (Phi) is 3.76. The van der Waals surface area contributed by atoms with Gasteiger partial charge in [-0.3, -0.25) is 9.58 Å². The molecule has 0 bridgehead atoms. The zero-order chi connectivity index (χ0) is 14.1. The molecule has 2 heterocycles. The molecule has 1 aliphatic heterocycles. The number of fused-ring (bicyclic) bond motifs is 1. The van der Waals surface area contributed by atoms with Crippen LogP contribution in [0.1, 0.15) is 26.0 Å². The Hall–Kier alpha value is -1.39. The van der Waals surface area contributed by atoms with Crippen LogP contribution >= 0.6 is 0 Å². The monoisotopic (exact) mass is 272 g/mol. The molecule has 0 radical (unpaired) electrons. The largest absolute Gasteiger partial charge is 0.328 e. The number of aromatic nitrogens is 2. The average Bonchev–Trinajstić information content (AvgIpc) is 3.05. The number of benzene rings is 1. The molecule has 0 saturated carbocycles. The average molecular weight is 272 g/mol. The van der Waals surface area contributed by atoms with Gasteiger partial charge >= 0.3 is 0 Å². The highest BCUT2D eigenvalue weighted by atomic mass is 15.3. The van der Waals surface area contributed by atoms with Crippen LogP contribution < -0.4 is 5.73 Å². The third kappa shape index (κ3) is 2.45. The van der Waals surface area contributed by atoms with E-state index >= 15 is 0 Å². The van der Waals surface area contributed by atoms with Crippen LogP contribution in [-0.4, -0.2) is 33.8 Å². The van der Waals surface area contributed by atoms with Gasteiger partial charge in [0.25, 0.3) is 0 Å². The highest BCUT2D eigenvalue weighted by molar-refractivity contribution is 5.81. The molecular weight excluding hydrogens is 248 g/mol. The number of hydrogen-bond acceptors (Lipinski definition) is 3. The SMILES string of the molecule is CCn1nc(CN2CCC(C(C)N)C2)c2ccccc21. The molecule has 0 spiro atoms. The minimum atomic E-state index is 0.296. The molecule has 2 aromatic rings. The first kappa shape index (κ1) is 13.6. The minimum Gasteiger partial charge on any atom is -0.328 e. The predicted octanol–water partition coefficient (Wildman–Crippen LogP) is 2.23. The van der Waals surface area contributed by atoms with Crippen molar-refractivity contribution >= 4 is 10.9 Å². The van der Waals surface area contributed by atoms with Gasteiger partial charge < -0.3 is 5.73 Å². The van der Waals surface area contributed by atoms with Crippen LogP contribution in [0, 0.1) is 5.92 Å². The molecule has 1 aromatic carbocycles. The second-order valence-corrected chi connectivity index (χ2v) is 5.92. The Bertz CT molecular complexity index is 587. The first-order valence-electron chi connectivity index (χ1n) is 7.61. The number of aryl methyl sites for hydroxylation is 1. The van der Waals surface area contributed by atoms with E-state index < -0.39 is 0 Å². The number of hydrogen-bond donors (Lipinski definition) is 1. The molecule has 1 aliphatic rings. The fourth-order valence-electron chi connectivity index (χ4n) is 3.20. The van der Waals surface area contributed by atoms with Crippen molar-refractivity contribution in [1.82, 2.24) is 14.7 Å². The van der Waals surface area contributed by atoms with Gasteiger partial charge in [-0.15, -0.1) is 0 Å². The van der Waals surface area contributed by atoms with Gasteiger partial charge in [0, 0.05) is 31.1 Å². The zero-order valence-electron chi connectivity index (χ0n) is 12.4. The Labute approximate surface area is 120 Å². The normalized spacial score (nSPS) is 21.6. The summed E-state index contributed by atoms with van der Waals surface area (Å²) in [5, 5.41) is 6.08. The summed E-state index contributed by atoms with van der Waals surface area (Å²) in [5.41, 5.74) is 8.47. The molecule has 2 atom stereocenters. The fourth-order valence-corrected chi connectivity index (χ4v) is 3.20. The van der Waals surface area contributed by atoms with Gasteiger partial charge in [0.05, 0.1) is 11.2 Å². The highest BCUT2D eigenvalue weighted by Crippen LogP contribution is 2.24. The van der Waals surface area contributed by atoms with Crippen molar-refractivity contribution in [3.63, 3.8) is 0 Å². The molecule has 2 unspecified atom stereocenters. The maximum atomic E-state index is 6.02. The van der Waals surface area contributed by atoms with Crippen molar-refractivity contribution < 1.29 is 0 Å². The smallest absolute Gasteiger partial charge is 0.0843 e. The first-order valence-corrected chi connectivity index (χ1v) is 7.61. The summed E-state index contributed by atoms with van der Waals surface area (Å²) in [6.07, 6.45) is 1.21. The second-order valence-electron chi connectivity index (χ2n) is 5.92. The van der Waals surface area contributed by atoms with Crippen molar-refractivity contribution in [3.05, 3.63) is 30.0 Å². The Balaban J connectivity index is 1.81. The number of rotatable bonds is 4. The van der Waals surface area contributed by atoms with Crippen LogP contribution in [0.25, 0.3) is 10.9 Å². The van der Waals surface area contributed by atoms with Gasteiger partial charge in [-0.05, 0) is 38.8 Å². The maximum absolute atomic E-state index is 6.02. The lowest BCUT2D eigenvalue weighted by atomic mass is 10.0. The van der Waals surface area contributed by atoms with Gasteiger partial charge in [-0.2, -0.15) is 5.10 Å². The van der Waals surface area contributed by atoms with Gasteiger partial charge in [0.15, 0.2) is 0 Å². The Morgan fingerprint density at radius 3 is 2.90 bits per heavy atom. The molecule has 1 saturated heterocycles.